The summed E-state index contributed by atoms with van der Waals surface area (Å²) in [6.07, 6.45) is 2.00. The number of hydrogen-bond acceptors (Lipinski definition) is 5. The maximum Gasteiger partial charge on any atom is 0.326 e. The van der Waals surface area contributed by atoms with Gasteiger partial charge in [-0.05, 0) is 32.4 Å². The Hall–Kier alpha value is -1.67. The van der Waals surface area contributed by atoms with Gasteiger partial charge in [0.1, 0.15) is 6.04 Å². The van der Waals surface area contributed by atoms with Crippen molar-refractivity contribution in [2.45, 2.75) is 44.2 Å². The molecule has 1 saturated heterocycles. The molecular formula is C13H23N3O5. The van der Waals surface area contributed by atoms with E-state index in [0.717, 1.165) is 25.9 Å². The molecule has 5 N–H and O–H groups in total. The predicted octanol–water partition coefficient (Wildman–Crippen LogP) is -1.02. The van der Waals surface area contributed by atoms with Crippen LogP contribution in [-0.2, 0) is 19.1 Å². The molecule has 1 fully saturated rings. The number of amides is 2. The molecule has 0 aromatic rings. The van der Waals surface area contributed by atoms with E-state index in [4.69, 9.17) is 15.6 Å². The van der Waals surface area contributed by atoms with Crippen LogP contribution in [0.4, 0.5) is 0 Å². The first-order valence-electron chi connectivity index (χ1n) is 7.12. The number of carbonyl (C=O) groups is 3. The van der Waals surface area contributed by atoms with E-state index < -0.39 is 23.8 Å². The highest BCUT2D eigenvalue weighted by atomic mass is 16.5. The number of aliphatic carboxylic acids is 1. The van der Waals surface area contributed by atoms with E-state index in [1.807, 2.05) is 0 Å². The summed E-state index contributed by atoms with van der Waals surface area (Å²) in [4.78, 5) is 33.3. The quantitative estimate of drug-likeness (QED) is 0.431. The average Bonchev–Trinajstić information content (AvgIpc) is 2.44. The van der Waals surface area contributed by atoms with E-state index in [-0.39, 0.29) is 32.0 Å². The van der Waals surface area contributed by atoms with Crippen molar-refractivity contribution in [1.29, 1.82) is 0 Å². The van der Waals surface area contributed by atoms with Crippen LogP contribution in [-0.4, -0.2) is 54.7 Å². The summed E-state index contributed by atoms with van der Waals surface area (Å²) in [5.74, 6) is -2.17. The summed E-state index contributed by atoms with van der Waals surface area (Å²) < 4.78 is 5.57. The molecule has 0 spiro atoms. The van der Waals surface area contributed by atoms with E-state index >= 15 is 0 Å². The number of carboxylic acid groups (broad SMARTS) is 1. The predicted molar refractivity (Wildman–Crippen MR) is 74.5 cm³/mol. The topological polar surface area (TPSA) is 131 Å². The average molecular weight is 301 g/mol. The van der Waals surface area contributed by atoms with Crippen molar-refractivity contribution >= 4 is 17.8 Å². The van der Waals surface area contributed by atoms with Crippen molar-refractivity contribution in [1.82, 2.24) is 10.6 Å². The van der Waals surface area contributed by atoms with Crippen LogP contribution < -0.4 is 16.4 Å². The number of hydrogen-bond donors (Lipinski definition) is 4. The van der Waals surface area contributed by atoms with Gasteiger partial charge in [-0.1, -0.05) is 0 Å². The van der Waals surface area contributed by atoms with Gasteiger partial charge in [-0.3, -0.25) is 9.59 Å². The Bertz CT molecular complexity index is 369. The van der Waals surface area contributed by atoms with Gasteiger partial charge in [-0.2, -0.15) is 0 Å². The van der Waals surface area contributed by atoms with Crippen molar-refractivity contribution in [3.8, 4) is 0 Å². The first-order valence-corrected chi connectivity index (χ1v) is 7.12. The van der Waals surface area contributed by atoms with Crippen LogP contribution in [0.2, 0.25) is 0 Å². The molecule has 0 saturated carbocycles. The molecule has 21 heavy (non-hydrogen) atoms. The fourth-order valence-electron chi connectivity index (χ4n) is 2.09. The highest BCUT2D eigenvalue weighted by Gasteiger charge is 2.20. The van der Waals surface area contributed by atoms with Crippen LogP contribution in [0, 0.1) is 0 Å². The van der Waals surface area contributed by atoms with Gasteiger partial charge in [0.25, 0.3) is 0 Å². The molecule has 8 heteroatoms. The minimum Gasteiger partial charge on any atom is -0.480 e. The fourth-order valence-corrected chi connectivity index (χ4v) is 2.09. The molecule has 0 unspecified atom stereocenters. The van der Waals surface area contributed by atoms with E-state index in [1.165, 1.54) is 0 Å². The van der Waals surface area contributed by atoms with E-state index in [9.17, 15) is 14.4 Å². The Morgan fingerprint density at radius 3 is 2.52 bits per heavy atom. The molecule has 2 amide bonds. The van der Waals surface area contributed by atoms with Crippen molar-refractivity contribution in [2.75, 3.05) is 19.7 Å². The van der Waals surface area contributed by atoms with Gasteiger partial charge in [0.15, 0.2) is 0 Å². The fraction of sp³-hybridized carbons (Fsp3) is 0.769. The van der Waals surface area contributed by atoms with E-state index in [1.54, 1.807) is 0 Å². The number of piperidine rings is 1. The zero-order chi connectivity index (χ0) is 15.7. The van der Waals surface area contributed by atoms with Gasteiger partial charge >= 0.3 is 5.97 Å². The molecule has 1 aliphatic rings. The third kappa shape index (κ3) is 7.62. The molecule has 0 bridgehead atoms. The van der Waals surface area contributed by atoms with Crippen LogP contribution in [0.1, 0.15) is 32.1 Å². The van der Waals surface area contributed by atoms with Crippen LogP contribution in [0.25, 0.3) is 0 Å². The number of primary amides is 1. The molecule has 0 aromatic heterocycles. The van der Waals surface area contributed by atoms with Gasteiger partial charge < -0.3 is 26.2 Å². The van der Waals surface area contributed by atoms with Gasteiger partial charge in [0, 0.05) is 12.8 Å². The number of nitrogens with one attached hydrogen (secondary N) is 2. The number of ether oxygens (including phenoxy) is 1. The summed E-state index contributed by atoms with van der Waals surface area (Å²) in [6.45, 7) is 2.08. The maximum atomic E-state index is 11.7. The van der Waals surface area contributed by atoms with Gasteiger partial charge in [-0.25, -0.2) is 4.79 Å². The zero-order valence-corrected chi connectivity index (χ0v) is 12.0. The third-order valence-corrected chi connectivity index (χ3v) is 3.28. The summed E-state index contributed by atoms with van der Waals surface area (Å²) in [6, 6.07) is -1.09. The van der Waals surface area contributed by atoms with Crippen molar-refractivity contribution < 1.29 is 24.2 Å². The molecule has 0 radical (unpaired) electrons. The minimum atomic E-state index is -1.18. The second-order valence-electron chi connectivity index (χ2n) is 5.03. The lowest BCUT2D eigenvalue weighted by Crippen LogP contribution is -2.42. The minimum absolute atomic E-state index is 0.00837. The second-order valence-corrected chi connectivity index (χ2v) is 5.03. The normalized spacial score (nSPS) is 17.1. The molecule has 0 aliphatic carbocycles. The smallest absolute Gasteiger partial charge is 0.326 e. The van der Waals surface area contributed by atoms with Gasteiger partial charge in [0.05, 0.1) is 12.7 Å². The van der Waals surface area contributed by atoms with Gasteiger partial charge in [-0.15, -0.1) is 0 Å². The Morgan fingerprint density at radius 2 is 1.95 bits per heavy atom. The zero-order valence-electron chi connectivity index (χ0n) is 12.0. The number of rotatable bonds is 9. The third-order valence-electron chi connectivity index (χ3n) is 3.28. The molecule has 0 aromatic carbocycles. The number of carboxylic acids is 1. The largest absolute Gasteiger partial charge is 0.480 e. The van der Waals surface area contributed by atoms with E-state index in [0.29, 0.717) is 0 Å². The summed E-state index contributed by atoms with van der Waals surface area (Å²) >= 11 is 0. The first kappa shape index (κ1) is 17.4. The lowest BCUT2D eigenvalue weighted by atomic mass is 10.1. The highest BCUT2D eigenvalue weighted by molar-refractivity contribution is 5.84. The summed E-state index contributed by atoms with van der Waals surface area (Å²) in [5.41, 5.74) is 4.96. The Balaban J connectivity index is 2.22. The molecule has 8 nitrogen and oxygen atoms in total. The SMILES string of the molecule is NC(=O)CC[C@@H](NC(=O)CCOC1CCNCC1)C(=O)O. The Labute approximate surface area is 123 Å². The lowest BCUT2D eigenvalue weighted by molar-refractivity contribution is -0.142. The Morgan fingerprint density at radius 1 is 1.29 bits per heavy atom. The standard InChI is InChI=1S/C13H23N3O5/c14-11(17)2-1-10(13(19)20)16-12(18)5-8-21-9-3-6-15-7-4-9/h9-10,15H,1-8H2,(H2,14,17)(H,16,18)(H,19,20)/t10-/m1/s1. The van der Waals surface area contributed by atoms with Crippen LogP contribution in [0.5, 0.6) is 0 Å². The van der Waals surface area contributed by atoms with Crippen molar-refractivity contribution in [3.05, 3.63) is 0 Å². The maximum absolute atomic E-state index is 11.7. The van der Waals surface area contributed by atoms with Crippen molar-refractivity contribution in [2.24, 2.45) is 5.73 Å². The second kappa shape index (κ2) is 9.30. The number of nitrogens with two attached hydrogens (primary N) is 1. The molecule has 120 valence electrons. The lowest BCUT2D eigenvalue weighted by Gasteiger charge is -2.23. The highest BCUT2D eigenvalue weighted by Crippen LogP contribution is 2.07. The molecule has 1 rings (SSSR count). The van der Waals surface area contributed by atoms with E-state index in [2.05, 4.69) is 10.6 Å². The molecule has 1 atom stereocenters. The Kier molecular flexibility index (Phi) is 7.70. The van der Waals surface area contributed by atoms with Crippen molar-refractivity contribution in [3.63, 3.8) is 0 Å². The van der Waals surface area contributed by atoms with Gasteiger partial charge in [0.2, 0.25) is 11.8 Å². The molecular weight excluding hydrogens is 278 g/mol. The van der Waals surface area contributed by atoms with Crippen LogP contribution >= 0.6 is 0 Å². The molecule has 1 heterocycles. The summed E-state index contributed by atoms with van der Waals surface area (Å²) in [5, 5.41) is 14.5. The van der Waals surface area contributed by atoms with Crippen LogP contribution in [0.15, 0.2) is 0 Å². The van der Waals surface area contributed by atoms with Crippen LogP contribution in [0.3, 0.4) is 0 Å². The molecule has 1 aliphatic heterocycles. The summed E-state index contributed by atoms with van der Waals surface area (Å²) in [7, 11) is 0. The monoisotopic (exact) mass is 301 g/mol. The first-order chi connectivity index (χ1) is 9.99. The number of carbonyl (C=O) groups excluding carboxylic acids is 2.